The number of hydrogen-bond donors (Lipinski definition) is 0. The third kappa shape index (κ3) is 3.35. The number of rotatable bonds is 3. The zero-order valence-electron chi connectivity index (χ0n) is 20.0. The van der Waals surface area contributed by atoms with E-state index in [0.717, 1.165) is 24.1 Å². The first-order valence-electron chi connectivity index (χ1n) is 12.2. The molecule has 1 aliphatic carbocycles. The maximum absolute atomic E-state index is 14.1. The number of carbonyl (C=O) groups is 1. The van der Waals surface area contributed by atoms with Crippen LogP contribution >= 0.6 is 11.3 Å². The molecular formula is C28H30N4OS. The van der Waals surface area contributed by atoms with Crippen LogP contribution in [-0.2, 0) is 26.4 Å². The van der Waals surface area contributed by atoms with Gasteiger partial charge in [-0.1, -0.05) is 38.1 Å². The van der Waals surface area contributed by atoms with Crippen LogP contribution in [0.25, 0.3) is 5.00 Å². The summed E-state index contributed by atoms with van der Waals surface area (Å²) in [5.74, 6) is 0.493. The summed E-state index contributed by atoms with van der Waals surface area (Å²) in [7, 11) is 1.85. The van der Waals surface area contributed by atoms with Crippen molar-refractivity contribution in [1.29, 1.82) is 0 Å². The molecule has 4 heterocycles. The second kappa shape index (κ2) is 8.27. The Bertz CT molecular complexity index is 1360. The highest BCUT2D eigenvalue weighted by molar-refractivity contribution is 7.15. The molecule has 1 aliphatic heterocycles. The number of hydrogen-bond acceptors (Lipinski definition) is 3. The number of carbonyl (C=O) groups excluding carboxylic acids is 1. The molecule has 1 aromatic carbocycles. The van der Waals surface area contributed by atoms with Gasteiger partial charge in [0.15, 0.2) is 0 Å². The lowest BCUT2D eigenvalue weighted by atomic mass is 9.94. The second-order valence-corrected chi connectivity index (χ2v) is 10.9. The van der Waals surface area contributed by atoms with E-state index >= 15 is 0 Å². The van der Waals surface area contributed by atoms with Gasteiger partial charge in [-0.3, -0.25) is 9.48 Å². The quantitative estimate of drug-likeness (QED) is 0.367. The fourth-order valence-corrected chi connectivity index (χ4v) is 6.94. The summed E-state index contributed by atoms with van der Waals surface area (Å²) in [5.41, 5.74) is 7.02. The van der Waals surface area contributed by atoms with Crippen molar-refractivity contribution in [1.82, 2.24) is 19.2 Å². The van der Waals surface area contributed by atoms with E-state index in [0.29, 0.717) is 18.2 Å². The molecule has 0 unspecified atom stereocenters. The van der Waals surface area contributed by atoms with Crippen LogP contribution < -0.4 is 0 Å². The van der Waals surface area contributed by atoms with E-state index in [1.54, 1.807) is 10.9 Å². The Balaban J connectivity index is 1.55. The molecule has 34 heavy (non-hydrogen) atoms. The van der Waals surface area contributed by atoms with Gasteiger partial charge in [-0.25, -0.2) is 0 Å². The van der Waals surface area contributed by atoms with Crippen LogP contribution in [-0.4, -0.2) is 25.2 Å². The van der Waals surface area contributed by atoms with E-state index in [1.807, 2.05) is 24.5 Å². The minimum absolute atomic E-state index is 0.0225. The van der Waals surface area contributed by atoms with Gasteiger partial charge in [0.25, 0.3) is 5.91 Å². The summed E-state index contributed by atoms with van der Waals surface area (Å²) < 4.78 is 4.03. The van der Waals surface area contributed by atoms with Crippen molar-refractivity contribution in [2.24, 2.45) is 7.05 Å². The third-order valence-corrected chi connectivity index (χ3v) is 8.73. The van der Waals surface area contributed by atoms with Gasteiger partial charge in [-0.05, 0) is 66.5 Å². The SMILES string of the molecule is CC(C)c1ccc([C@H]2c3cccn3-c3sc4c(c3CN2C(=O)c2ccnn2C)CCCC4)cc1. The van der Waals surface area contributed by atoms with E-state index < -0.39 is 0 Å². The van der Waals surface area contributed by atoms with Crippen LogP contribution in [0.1, 0.15) is 82.0 Å². The maximum Gasteiger partial charge on any atom is 0.273 e. The Morgan fingerprint density at radius 3 is 2.59 bits per heavy atom. The van der Waals surface area contributed by atoms with Gasteiger partial charge in [0.2, 0.25) is 0 Å². The molecule has 6 heteroatoms. The van der Waals surface area contributed by atoms with Crippen LogP contribution in [0.5, 0.6) is 0 Å². The highest BCUT2D eigenvalue weighted by atomic mass is 32.1. The molecule has 0 bridgehead atoms. The molecule has 0 spiro atoms. The largest absolute Gasteiger partial charge is 0.320 e. The molecule has 0 radical (unpaired) electrons. The molecule has 6 rings (SSSR count). The summed E-state index contributed by atoms with van der Waals surface area (Å²) in [5, 5.41) is 5.58. The molecule has 1 atom stereocenters. The topological polar surface area (TPSA) is 43.1 Å². The standard InChI is InChI=1S/C28H30N4OS/c1-18(2)19-10-12-20(13-11-19)26-23-8-6-16-31(23)28-22(21-7-4-5-9-25(21)34-28)17-32(26)27(33)24-14-15-29-30(24)3/h6,8,10-16,18,26H,4-5,7,9,17H2,1-3H3/t26-/m0/s1. The zero-order chi connectivity index (χ0) is 23.4. The van der Waals surface area contributed by atoms with Crippen molar-refractivity contribution >= 4 is 17.2 Å². The molecule has 4 aromatic rings. The van der Waals surface area contributed by atoms with E-state index in [4.69, 9.17) is 0 Å². The molecular weight excluding hydrogens is 440 g/mol. The second-order valence-electron chi connectivity index (χ2n) is 9.79. The number of aromatic nitrogens is 3. The average molecular weight is 471 g/mol. The number of nitrogens with zero attached hydrogens (tertiary/aromatic N) is 4. The number of aryl methyl sites for hydroxylation is 2. The lowest BCUT2D eigenvalue weighted by Crippen LogP contribution is -2.36. The van der Waals surface area contributed by atoms with Gasteiger partial charge in [-0.2, -0.15) is 5.10 Å². The molecule has 5 nitrogen and oxygen atoms in total. The van der Waals surface area contributed by atoms with Crippen molar-refractivity contribution in [2.45, 2.75) is 58.0 Å². The molecule has 0 fully saturated rings. The van der Waals surface area contributed by atoms with Crippen molar-refractivity contribution < 1.29 is 4.79 Å². The average Bonchev–Trinajstić information content (AvgIpc) is 3.56. The van der Waals surface area contributed by atoms with Gasteiger partial charge in [0.1, 0.15) is 10.7 Å². The molecule has 174 valence electrons. The Morgan fingerprint density at radius 1 is 1.06 bits per heavy atom. The minimum Gasteiger partial charge on any atom is -0.320 e. The number of fused-ring (bicyclic) bond motifs is 5. The van der Waals surface area contributed by atoms with Crippen LogP contribution in [0.3, 0.4) is 0 Å². The molecule has 2 aliphatic rings. The van der Waals surface area contributed by atoms with Crippen molar-refractivity contribution in [3.05, 3.63) is 93.4 Å². The zero-order valence-corrected chi connectivity index (χ0v) is 20.8. The van der Waals surface area contributed by atoms with Crippen LogP contribution in [0.2, 0.25) is 0 Å². The summed E-state index contributed by atoms with van der Waals surface area (Å²) >= 11 is 1.92. The van der Waals surface area contributed by atoms with E-state index in [2.05, 4.69) is 71.0 Å². The van der Waals surface area contributed by atoms with Crippen molar-refractivity contribution in [2.75, 3.05) is 0 Å². The lowest BCUT2D eigenvalue weighted by Gasteiger charge is -2.31. The normalized spacial score (nSPS) is 17.3. The minimum atomic E-state index is -0.169. The first kappa shape index (κ1) is 21.4. The molecule has 0 N–H and O–H groups in total. The molecule has 1 amide bonds. The van der Waals surface area contributed by atoms with Crippen molar-refractivity contribution in [3.8, 4) is 5.00 Å². The van der Waals surface area contributed by atoms with E-state index in [9.17, 15) is 4.79 Å². The Hall–Kier alpha value is -3.12. The Labute approximate surface area is 204 Å². The van der Waals surface area contributed by atoms with Gasteiger partial charge in [-0.15, -0.1) is 11.3 Å². The highest BCUT2D eigenvalue weighted by Gasteiger charge is 2.37. The van der Waals surface area contributed by atoms with Crippen LogP contribution in [0.15, 0.2) is 54.9 Å². The van der Waals surface area contributed by atoms with E-state index in [-0.39, 0.29) is 11.9 Å². The molecule has 0 saturated carbocycles. The summed E-state index contributed by atoms with van der Waals surface area (Å²) in [6.07, 6.45) is 8.62. The third-order valence-electron chi connectivity index (χ3n) is 7.40. The van der Waals surface area contributed by atoms with Crippen LogP contribution in [0.4, 0.5) is 0 Å². The number of thiophene rings is 1. The predicted molar refractivity (Wildman–Crippen MR) is 136 cm³/mol. The highest BCUT2D eigenvalue weighted by Crippen LogP contribution is 2.44. The monoisotopic (exact) mass is 470 g/mol. The summed E-state index contributed by atoms with van der Waals surface area (Å²) in [4.78, 5) is 17.7. The number of benzene rings is 1. The van der Waals surface area contributed by atoms with Crippen LogP contribution in [0, 0.1) is 0 Å². The maximum atomic E-state index is 14.1. The molecule has 0 saturated heterocycles. The molecule has 3 aromatic heterocycles. The Kier molecular flexibility index (Phi) is 5.21. The first-order valence-corrected chi connectivity index (χ1v) is 13.0. The van der Waals surface area contributed by atoms with Gasteiger partial charge >= 0.3 is 0 Å². The first-order chi connectivity index (χ1) is 16.5. The Morgan fingerprint density at radius 2 is 1.85 bits per heavy atom. The number of amides is 1. The fourth-order valence-electron chi connectivity index (χ4n) is 5.53. The van der Waals surface area contributed by atoms with Gasteiger partial charge in [0, 0.05) is 29.9 Å². The fraction of sp³-hybridized carbons (Fsp3) is 0.357. The van der Waals surface area contributed by atoms with Gasteiger partial charge < -0.3 is 9.47 Å². The summed E-state index contributed by atoms with van der Waals surface area (Å²) in [6, 6.07) is 14.8. The van der Waals surface area contributed by atoms with E-state index in [1.165, 1.54) is 39.4 Å². The predicted octanol–water partition coefficient (Wildman–Crippen LogP) is 6.02. The van der Waals surface area contributed by atoms with Crippen molar-refractivity contribution in [3.63, 3.8) is 0 Å². The van der Waals surface area contributed by atoms with Gasteiger partial charge in [0.05, 0.1) is 18.3 Å². The lowest BCUT2D eigenvalue weighted by molar-refractivity contribution is 0.0679. The summed E-state index contributed by atoms with van der Waals surface area (Å²) in [6.45, 7) is 5.04. The smallest absolute Gasteiger partial charge is 0.273 e.